The van der Waals surface area contributed by atoms with Crippen LogP contribution in [0.3, 0.4) is 0 Å². The number of methoxy groups -OCH3 is 1. The van der Waals surface area contributed by atoms with Crippen LogP contribution in [0.25, 0.3) is 11.6 Å². The fourth-order valence-electron chi connectivity index (χ4n) is 2.07. The lowest BCUT2D eigenvalue weighted by atomic mass is 10.0. The standard InChI is InChI=1S/C16H12N2O6/c1-24-16-10(7-13(19)14(20)15(16)21)6-11(8-17)9-2-4-12(5-3-9)18(22)23/h2-7,19-21H,1H3/b11-6-. The van der Waals surface area contributed by atoms with Crippen molar-refractivity contribution >= 4 is 17.3 Å². The Kier molecular flexibility index (Phi) is 4.56. The highest BCUT2D eigenvalue weighted by Gasteiger charge is 2.17. The van der Waals surface area contributed by atoms with E-state index in [1.54, 1.807) is 0 Å². The van der Waals surface area contributed by atoms with Gasteiger partial charge in [-0.05, 0) is 29.8 Å². The molecule has 2 aromatic carbocycles. The maximum atomic E-state index is 10.7. The summed E-state index contributed by atoms with van der Waals surface area (Å²) in [7, 11) is 1.25. The van der Waals surface area contributed by atoms with Crippen LogP contribution in [0.4, 0.5) is 5.69 Å². The second-order valence-electron chi connectivity index (χ2n) is 4.69. The number of phenolic OH excluding ortho intramolecular Hbond substituents is 3. The molecular formula is C16H12N2O6. The van der Waals surface area contributed by atoms with Gasteiger partial charge in [0.05, 0.1) is 23.7 Å². The van der Waals surface area contributed by atoms with Crippen LogP contribution < -0.4 is 4.74 Å². The molecule has 0 atom stereocenters. The summed E-state index contributed by atoms with van der Waals surface area (Å²) < 4.78 is 4.98. The number of benzene rings is 2. The van der Waals surface area contributed by atoms with Gasteiger partial charge in [-0.15, -0.1) is 0 Å². The quantitative estimate of drug-likeness (QED) is 0.258. The molecule has 2 rings (SSSR count). The molecule has 0 bridgehead atoms. The Balaban J connectivity index is 2.56. The first-order valence-corrected chi connectivity index (χ1v) is 6.57. The number of phenols is 3. The second kappa shape index (κ2) is 6.58. The molecular weight excluding hydrogens is 316 g/mol. The monoisotopic (exact) mass is 328 g/mol. The second-order valence-corrected chi connectivity index (χ2v) is 4.69. The number of nitro benzene ring substituents is 1. The molecule has 0 fully saturated rings. The minimum absolute atomic E-state index is 0.117. The molecule has 0 heterocycles. The minimum Gasteiger partial charge on any atom is -0.504 e. The van der Waals surface area contributed by atoms with Crippen LogP contribution >= 0.6 is 0 Å². The molecule has 0 saturated carbocycles. The number of hydrogen-bond donors (Lipinski definition) is 3. The highest BCUT2D eigenvalue weighted by Crippen LogP contribution is 2.45. The molecule has 0 aliphatic carbocycles. The molecule has 0 aromatic heterocycles. The summed E-state index contributed by atoms with van der Waals surface area (Å²) in [6.07, 6.45) is 1.32. The summed E-state index contributed by atoms with van der Waals surface area (Å²) in [5, 5.41) is 48.9. The number of nitro groups is 1. The van der Waals surface area contributed by atoms with Crippen molar-refractivity contribution < 1.29 is 25.0 Å². The Hall–Kier alpha value is -3.73. The molecule has 0 aliphatic heterocycles. The minimum atomic E-state index is -0.738. The number of rotatable bonds is 4. The van der Waals surface area contributed by atoms with E-state index in [9.17, 15) is 30.7 Å². The molecule has 24 heavy (non-hydrogen) atoms. The Labute approximate surface area is 136 Å². The van der Waals surface area contributed by atoms with Gasteiger partial charge in [0.2, 0.25) is 11.5 Å². The lowest BCUT2D eigenvalue weighted by Crippen LogP contribution is -1.91. The largest absolute Gasteiger partial charge is 0.504 e. The van der Waals surface area contributed by atoms with E-state index in [0.29, 0.717) is 5.56 Å². The van der Waals surface area contributed by atoms with Crippen LogP contribution in [0.2, 0.25) is 0 Å². The van der Waals surface area contributed by atoms with Gasteiger partial charge < -0.3 is 20.1 Å². The first kappa shape index (κ1) is 16.6. The van der Waals surface area contributed by atoms with Crippen LogP contribution in [0.15, 0.2) is 30.3 Å². The maximum Gasteiger partial charge on any atom is 0.269 e. The summed E-state index contributed by atoms with van der Waals surface area (Å²) in [6, 6.07) is 8.36. The van der Waals surface area contributed by atoms with Crippen molar-refractivity contribution in [2.24, 2.45) is 0 Å². The zero-order valence-electron chi connectivity index (χ0n) is 12.4. The van der Waals surface area contributed by atoms with E-state index in [4.69, 9.17) is 4.74 Å². The molecule has 3 N–H and O–H groups in total. The Bertz CT molecular complexity index is 866. The van der Waals surface area contributed by atoms with Crippen molar-refractivity contribution in [2.75, 3.05) is 7.11 Å². The average Bonchev–Trinajstić information content (AvgIpc) is 2.58. The number of allylic oxidation sites excluding steroid dienone is 1. The zero-order chi connectivity index (χ0) is 17.9. The molecule has 0 spiro atoms. The highest BCUT2D eigenvalue weighted by molar-refractivity contribution is 5.92. The van der Waals surface area contributed by atoms with Gasteiger partial charge in [-0.1, -0.05) is 0 Å². The summed E-state index contributed by atoms with van der Waals surface area (Å²) in [5.41, 5.74) is 0.554. The number of non-ortho nitro benzene ring substituents is 1. The Morgan fingerprint density at radius 2 is 1.88 bits per heavy atom. The van der Waals surface area contributed by atoms with Crippen LogP contribution in [-0.2, 0) is 0 Å². The van der Waals surface area contributed by atoms with Gasteiger partial charge in [0.15, 0.2) is 11.5 Å². The smallest absolute Gasteiger partial charge is 0.269 e. The highest BCUT2D eigenvalue weighted by atomic mass is 16.6. The van der Waals surface area contributed by atoms with Crippen molar-refractivity contribution in [3.63, 3.8) is 0 Å². The molecule has 122 valence electrons. The molecule has 0 saturated heterocycles. The van der Waals surface area contributed by atoms with E-state index in [2.05, 4.69) is 0 Å². The number of hydrogen-bond acceptors (Lipinski definition) is 7. The molecule has 0 amide bonds. The van der Waals surface area contributed by atoms with Crippen LogP contribution in [-0.4, -0.2) is 27.4 Å². The number of ether oxygens (including phenoxy) is 1. The van der Waals surface area contributed by atoms with E-state index in [0.717, 1.165) is 6.07 Å². The van der Waals surface area contributed by atoms with Crippen LogP contribution in [0, 0.1) is 21.4 Å². The summed E-state index contributed by atoms with van der Waals surface area (Å²) in [6.45, 7) is 0. The van der Waals surface area contributed by atoms with Crippen molar-refractivity contribution in [2.45, 2.75) is 0 Å². The van der Waals surface area contributed by atoms with E-state index >= 15 is 0 Å². The molecule has 8 heteroatoms. The van der Waals surface area contributed by atoms with Crippen molar-refractivity contribution in [3.05, 3.63) is 51.6 Å². The van der Waals surface area contributed by atoms with Gasteiger partial charge in [0, 0.05) is 17.7 Å². The summed E-state index contributed by atoms with van der Waals surface area (Å²) in [4.78, 5) is 10.1. The lowest BCUT2D eigenvalue weighted by Gasteiger charge is -2.10. The molecule has 0 unspecified atom stereocenters. The maximum absolute atomic E-state index is 10.7. The fraction of sp³-hybridized carbons (Fsp3) is 0.0625. The molecule has 8 nitrogen and oxygen atoms in total. The third-order valence-corrected chi connectivity index (χ3v) is 3.25. The van der Waals surface area contributed by atoms with Crippen LogP contribution in [0.5, 0.6) is 23.0 Å². The van der Waals surface area contributed by atoms with Crippen molar-refractivity contribution in [1.29, 1.82) is 5.26 Å². The third kappa shape index (κ3) is 3.05. The van der Waals surface area contributed by atoms with Crippen LogP contribution in [0.1, 0.15) is 11.1 Å². The van der Waals surface area contributed by atoms with Gasteiger partial charge in [0.25, 0.3) is 5.69 Å². The van der Waals surface area contributed by atoms with E-state index in [1.807, 2.05) is 6.07 Å². The van der Waals surface area contributed by atoms with Gasteiger partial charge in [-0.25, -0.2) is 0 Å². The van der Waals surface area contributed by atoms with E-state index in [1.165, 1.54) is 37.5 Å². The van der Waals surface area contributed by atoms with Gasteiger partial charge in [-0.3, -0.25) is 10.1 Å². The summed E-state index contributed by atoms with van der Waals surface area (Å²) >= 11 is 0. The van der Waals surface area contributed by atoms with E-state index < -0.39 is 22.2 Å². The fourth-order valence-corrected chi connectivity index (χ4v) is 2.07. The van der Waals surface area contributed by atoms with Gasteiger partial charge in [0.1, 0.15) is 0 Å². The first-order chi connectivity index (χ1) is 11.4. The molecule has 0 aliphatic rings. The van der Waals surface area contributed by atoms with Gasteiger partial charge in [-0.2, -0.15) is 5.26 Å². The Morgan fingerprint density at radius 1 is 1.25 bits per heavy atom. The number of nitrogens with zero attached hydrogens (tertiary/aromatic N) is 2. The molecule has 0 radical (unpaired) electrons. The van der Waals surface area contributed by atoms with Crippen molar-refractivity contribution in [1.82, 2.24) is 0 Å². The number of nitriles is 1. The lowest BCUT2D eigenvalue weighted by molar-refractivity contribution is -0.384. The summed E-state index contributed by atoms with van der Waals surface area (Å²) in [5.74, 6) is -2.11. The van der Waals surface area contributed by atoms with E-state index in [-0.39, 0.29) is 22.6 Å². The first-order valence-electron chi connectivity index (χ1n) is 6.57. The van der Waals surface area contributed by atoms with Crippen molar-refractivity contribution in [3.8, 4) is 29.1 Å². The Morgan fingerprint density at radius 3 is 2.38 bits per heavy atom. The number of aromatic hydroxyl groups is 3. The average molecular weight is 328 g/mol. The molecule has 2 aromatic rings. The van der Waals surface area contributed by atoms with Gasteiger partial charge >= 0.3 is 0 Å². The normalized spacial score (nSPS) is 10.9. The predicted octanol–water partition coefficient (Wildman–Crippen LogP) is 2.78. The predicted molar refractivity (Wildman–Crippen MR) is 84.6 cm³/mol. The zero-order valence-corrected chi connectivity index (χ0v) is 12.4. The third-order valence-electron chi connectivity index (χ3n) is 3.25. The SMILES string of the molecule is COc1c(/C=C(/C#N)c2ccc([N+](=O)[O-])cc2)cc(O)c(O)c1O. The topological polar surface area (TPSA) is 137 Å².